The maximum atomic E-state index is 13.9. The van der Waals surface area contributed by atoms with E-state index in [1.165, 1.54) is 29.9 Å². The number of esters is 2. The minimum absolute atomic E-state index is 0.124. The minimum atomic E-state index is -0.846. The van der Waals surface area contributed by atoms with Gasteiger partial charge in [0.2, 0.25) is 0 Å². The van der Waals surface area contributed by atoms with Gasteiger partial charge in [-0.25, -0.2) is 9.79 Å². The highest BCUT2D eigenvalue weighted by Crippen LogP contribution is 2.36. The second-order valence-corrected chi connectivity index (χ2v) is 10.3. The van der Waals surface area contributed by atoms with Gasteiger partial charge in [0.1, 0.15) is 5.75 Å². The number of thiazole rings is 1. The first-order valence-electron chi connectivity index (χ1n) is 12.3. The van der Waals surface area contributed by atoms with Crippen LogP contribution in [0.3, 0.4) is 0 Å². The summed E-state index contributed by atoms with van der Waals surface area (Å²) < 4.78 is 23.7. The van der Waals surface area contributed by atoms with Crippen LogP contribution >= 0.6 is 11.3 Å². The van der Waals surface area contributed by atoms with Crippen LogP contribution in [0, 0.1) is 5.92 Å². The summed E-state index contributed by atoms with van der Waals surface area (Å²) in [5.41, 5.74) is 1.68. The second kappa shape index (κ2) is 11.7. The topological polar surface area (TPSA) is 105 Å². The number of para-hydroxylation sites is 1. The first-order chi connectivity index (χ1) is 18.6. The molecule has 1 aromatic heterocycles. The second-order valence-electron chi connectivity index (χ2n) is 9.32. The fourth-order valence-corrected chi connectivity index (χ4v) is 5.28. The molecule has 0 saturated heterocycles. The number of nitrogens with zero attached hydrogens (tertiary/aromatic N) is 2. The molecule has 204 valence electrons. The summed E-state index contributed by atoms with van der Waals surface area (Å²) in [7, 11) is 3.02. The Morgan fingerprint density at radius 1 is 1.08 bits per heavy atom. The molecule has 10 heteroatoms. The summed E-state index contributed by atoms with van der Waals surface area (Å²) in [4.78, 5) is 43.9. The molecule has 0 N–H and O–H groups in total. The Hall–Kier alpha value is -4.18. The molecule has 0 bridgehead atoms. The summed E-state index contributed by atoms with van der Waals surface area (Å²) in [5, 5.41) is 0. The van der Waals surface area contributed by atoms with Crippen molar-refractivity contribution in [3.05, 3.63) is 84.5 Å². The number of allylic oxidation sites excluding steroid dienone is 1. The number of benzene rings is 2. The predicted molar refractivity (Wildman–Crippen MR) is 147 cm³/mol. The molecule has 1 atom stereocenters. The van der Waals surface area contributed by atoms with Crippen molar-refractivity contribution in [1.29, 1.82) is 0 Å². The van der Waals surface area contributed by atoms with Gasteiger partial charge >= 0.3 is 11.9 Å². The lowest BCUT2D eigenvalue weighted by Crippen LogP contribution is -2.40. The third kappa shape index (κ3) is 5.80. The smallest absolute Gasteiger partial charge is 0.338 e. The molecule has 0 unspecified atom stereocenters. The lowest BCUT2D eigenvalue weighted by molar-refractivity contribution is -0.140. The van der Waals surface area contributed by atoms with Crippen molar-refractivity contribution in [2.24, 2.45) is 10.9 Å². The molecule has 0 aliphatic carbocycles. The Kier molecular flexibility index (Phi) is 8.35. The highest BCUT2D eigenvalue weighted by Gasteiger charge is 2.34. The van der Waals surface area contributed by atoms with E-state index in [4.69, 9.17) is 18.9 Å². The average molecular weight is 551 g/mol. The first-order valence-corrected chi connectivity index (χ1v) is 13.1. The lowest BCUT2D eigenvalue weighted by atomic mass is 9.95. The SMILES string of the molecule is COc1ccccc1/C=c1/sc2n(c1=O)[C@H](c1ccc(OC(C)=O)c(OC)c1)C(C(=O)OCC(C)C)=C(C)N=2. The number of aromatic nitrogens is 1. The molecule has 2 aromatic carbocycles. The third-order valence-electron chi connectivity index (χ3n) is 5.97. The molecule has 4 rings (SSSR count). The van der Waals surface area contributed by atoms with Crippen molar-refractivity contribution in [2.75, 3.05) is 20.8 Å². The highest BCUT2D eigenvalue weighted by atomic mass is 32.1. The summed E-state index contributed by atoms with van der Waals surface area (Å²) in [6, 6.07) is 11.4. The standard InChI is InChI=1S/C29H30N2O7S/c1-16(2)15-37-28(34)25-17(3)30-29-31(26(25)20-11-12-22(38-18(4)32)23(13-20)36-6)27(33)24(39-29)14-19-9-7-8-10-21(19)35-5/h7-14,16,26H,15H2,1-6H3/b24-14+/t26-/m1/s1. The number of fused-ring (bicyclic) bond motifs is 1. The molecular weight excluding hydrogens is 520 g/mol. The van der Waals surface area contributed by atoms with E-state index in [1.807, 2.05) is 38.1 Å². The van der Waals surface area contributed by atoms with Crippen molar-refractivity contribution in [3.63, 3.8) is 0 Å². The maximum absolute atomic E-state index is 13.9. The normalized spacial score (nSPS) is 15.1. The number of carbonyl (C=O) groups excluding carboxylic acids is 2. The van der Waals surface area contributed by atoms with E-state index in [0.29, 0.717) is 26.3 Å². The quantitative estimate of drug-likeness (QED) is 0.313. The number of carbonyl (C=O) groups is 2. The van der Waals surface area contributed by atoms with Crippen LogP contribution in [-0.2, 0) is 14.3 Å². The van der Waals surface area contributed by atoms with E-state index < -0.39 is 18.0 Å². The van der Waals surface area contributed by atoms with Crippen LogP contribution in [0.2, 0.25) is 0 Å². The van der Waals surface area contributed by atoms with Gasteiger partial charge in [0.05, 0.1) is 42.7 Å². The molecule has 1 aliphatic heterocycles. The van der Waals surface area contributed by atoms with E-state index in [0.717, 1.165) is 5.56 Å². The Morgan fingerprint density at radius 2 is 1.79 bits per heavy atom. The Labute approximate surface area is 229 Å². The number of ether oxygens (including phenoxy) is 4. The minimum Gasteiger partial charge on any atom is -0.496 e. The van der Waals surface area contributed by atoms with Crippen LogP contribution < -0.4 is 29.1 Å². The molecule has 0 spiro atoms. The van der Waals surface area contributed by atoms with Gasteiger partial charge in [-0.05, 0) is 42.7 Å². The van der Waals surface area contributed by atoms with E-state index in [-0.39, 0.29) is 35.2 Å². The number of hydrogen-bond acceptors (Lipinski definition) is 9. The molecule has 1 aliphatic rings. The Morgan fingerprint density at radius 3 is 2.46 bits per heavy atom. The monoisotopic (exact) mass is 550 g/mol. The molecule has 0 saturated carbocycles. The van der Waals surface area contributed by atoms with Crippen molar-refractivity contribution >= 4 is 29.4 Å². The van der Waals surface area contributed by atoms with Crippen LogP contribution in [0.25, 0.3) is 6.08 Å². The van der Waals surface area contributed by atoms with Crippen LogP contribution in [0.15, 0.2) is 63.5 Å². The zero-order chi connectivity index (χ0) is 28.3. The summed E-state index contributed by atoms with van der Waals surface area (Å²) >= 11 is 1.22. The van der Waals surface area contributed by atoms with Gasteiger partial charge in [-0.1, -0.05) is 49.4 Å². The fourth-order valence-electron chi connectivity index (χ4n) is 4.24. The highest BCUT2D eigenvalue weighted by molar-refractivity contribution is 7.07. The molecular formula is C29H30N2O7S. The first kappa shape index (κ1) is 27.8. The fraction of sp³-hybridized carbons (Fsp3) is 0.310. The maximum Gasteiger partial charge on any atom is 0.338 e. The lowest BCUT2D eigenvalue weighted by Gasteiger charge is -2.25. The van der Waals surface area contributed by atoms with E-state index >= 15 is 0 Å². The van der Waals surface area contributed by atoms with E-state index in [9.17, 15) is 14.4 Å². The van der Waals surface area contributed by atoms with Gasteiger partial charge in [-0.2, -0.15) is 0 Å². The molecule has 2 heterocycles. The molecule has 39 heavy (non-hydrogen) atoms. The van der Waals surface area contributed by atoms with Crippen molar-refractivity contribution < 1.29 is 28.5 Å². The van der Waals surface area contributed by atoms with E-state index in [2.05, 4.69) is 4.99 Å². The molecule has 0 fully saturated rings. The Bertz CT molecular complexity index is 1630. The third-order valence-corrected chi connectivity index (χ3v) is 6.95. The van der Waals surface area contributed by atoms with Gasteiger partial charge in [0.25, 0.3) is 5.56 Å². The summed E-state index contributed by atoms with van der Waals surface area (Å²) in [6.45, 7) is 7.12. The number of hydrogen-bond donors (Lipinski definition) is 0. The van der Waals surface area contributed by atoms with Crippen molar-refractivity contribution in [3.8, 4) is 17.2 Å². The van der Waals surface area contributed by atoms with Crippen molar-refractivity contribution in [2.45, 2.75) is 33.7 Å². The number of methoxy groups -OCH3 is 2. The van der Waals surface area contributed by atoms with Crippen molar-refractivity contribution in [1.82, 2.24) is 4.57 Å². The molecule has 3 aromatic rings. The Balaban J connectivity index is 1.94. The molecule has 0 amide bonds. The van der Waals surface area contributed by atoms with Crippen LogP contribution in [0.1, 0.15) is 44.9 Å². The summed E-state index contributed by atoms with van der Waals surface area (Å²) in [6.07, 6.45) is 1.75. The molecule has 0 radical (unpaired) electrons. The van der Waals surface area contributed by atoms with Gasteiger partial charge in [0, 0.05) is 12.5 Å². The van der Waals surface area contributed by atoms with Crippen LogP contribution in [-0.4, -0.2) is 37.3 Å². The zero-order valence-electron chi connectivity index (χ0n) is 22.6. The largest absolute Gasteiger partial charge is 0.496 e. The number of rotatable bonds is 8. The van der Waals surface area contributed by atoms with E-state index in [1.54, 1.807) is 38.3 Å². The van der Waals surface area contributed by atoms with Gasteiger partial charge in [-0.3, -0.25) is 14.2 Å². The zero-order valence-corrected chi connectivity index (χ0v) is 23.5. The summed E-state index contributed by atoms with van der Waals surface area (Å²) in [5.74, 6) is 0.194. The van der Waals surface area contributed by atoms with Gasteiger partial charge < -0.3 is 18.9 Å². The average Bonchev–Trinajstić information content (AvgIpc) is 3.20. The van der Waals surface area contributed by atoms with Gasteiger partial charge in [0.15, 0.2) is 16.3 Å². The van der Waals surface area contributed by atoms with Crippen LogP contribution in [0.5, 0.6) is 17.2 Å². The predicted octanol–water partition coefficient (Wildman–Crippen LogP) is 3.38. The van der Waals surface area contributed by atoms with Gasteiger partial charge in [-0.15, -0.1) is 0 Å². The van der Waals surface area contributed by atoms with Crippen LogP contribution in [0.4, 0.5) is 0 Å². The molecule has 9 nitrogen and oxygen atoms in total.